The molecule has 0 atom stereocenters. The van der Waals surface area contributed by atoms with Crippen LogP contribution in [0.25, 0.3) is 0 Å². The Labute approximate surface area is 168 Å². The maximum absolute atomic E-state index is 10.6. The number of ether oxygens (including phenoxy) is 1. The molecule has 0 aliphatic heterocycles. The number of aliphatic carboxylic acids is 2. The summed E-state index contributed by atoms with van der Waals surface area (Å²) in [6.07, 6.45) is 2.69. The number of benzene rings is 1. The van der Waals surface area contributed by atoms with E-state index < -0.39 is 18.1 Å². The van der Waals surface area contributed by atoms with Gasteiger partial charge in [0.25, 0.3) is 0 Å². The van der Waals surface area contributed by atoms with Crippen LogP contribution in [-0.2, 0) is 16.0 Å². The van der Waals surface area contributed by atoms with Gasteiger partial charge in [-0.2, -0.15) is 13.2 Å². The van der Waals surface area contributed by atoms with Crippen molar-refractivity contribution in [3.8, 4) is 5.75 Å². The van der Waals surface area contributed by atoms with Crippen molar-refractivity contribution in [3.63, 3.8) is 0 Å². The minimum Gasteiger partial charge on any atom is -0.494 e. The monoisotopic (exact) mass is 419 g/mol. The number of rotatable bonds is 10. The number of hydrogen-bond donors (Lipinski definition) is 3. The van der Waals surface area contributed by atoms with E-state index in [1.165, 1.54) is 37.7 Å². The molecule has 29 heavy (non-hydrogen) atoms. The highest BCUT2D eigenvalue weighted by atomic mass is 19.4. The minimum atomic E-state index is -5.08. The van der Waals surface area contributed by atoms with Crippen LogP contribution >= 0.6 is 0 Å². The van der Waals surface area contributed by atoms with E-state index >= 15 is 0 Å². The SMILES string of the molecule is O=C(O)C(F)(F)F.O=C(O)CCNCCc1ccc(OCCC2CCCC2)cc1. The predicted octanol–water partition coefficient (Wildman–Crippen LogP) is 3.89. The molecular formula is C20H28F3NO5. The summed E-state index contributed by atoms with van der Waals surface area (Å²) in [5, 5.41) is 18.8. The summed E-state index contributed by atoms with van der Waals surface area (Å²) in [5.41, 5.74) is 1.24. The largest absolute Gasteiger partial charge is 0.494 e. The molecule has 1 aromatic carbocycles. The molecule has 1 aliphatic rings. The maximum atomic E-state index is 10.6. The van der Waals surface area contributed by atoms with Gasteiger partial charge in [0.1, 0.15) is 5.75 Å². The third-order valence-electron chi connectivity index (χ3n) is 4.54. The van der Waals surface area contributed by atoms with Gasteiger partial charge >= 0.3 is 18.1 Å². The summed E-state index contributed by atoms with van der Waals surface area (Å²) in [4.78, 5) is 19.3. The van der Waals surface area contributed by atoms with Crippen molar-refractivity contribution in [2.24, 2.45) is 5.92 Å². The van der Waals surface area contributed by atoms with Crippen LogP contribution in [0.2, 0.25) is 0 Å². The Kier molecular flexibility index (Phi) is 11.1. The van der Waals surface area contributed by atoms with Gasteiger partial charge in [-0.3, -0.25) is 4.79 Å². The molecule has 1 aliphatic carbocycles. The zero-order valence-corrected chi connectivity index (χ0v) is 16.2. The summed E-state index contributed by atoms with van der Waals surface area (Å²) in [7, 11) is 0. The first-order chi connectivity index (χ1) is 13.7. The van der Waals surface area contributed by atoms with Crippen molar-refractivity contribution in [3.05, 3.63) is 29.8 Å². The van der Waals surface area contributed by atoms with Gasteiger partial charge in [0, 0.05) is 6.54 Å². The first-order valence-corrected chi connectivity index (χ1v) is 9.63. The third-order valence-corrected chi connectivity index (χ3v) is 4.54. The molecule has 1 saturated carbocycles. The number of halogens is 3. The highest BCUT2D eigenvalue weighted by Gasteiger charge is 2.38. The van der Waals surface area contributed by atoms with Crippen LogP contribution in [0.3, 0.4) is 0 Å². The molecule has 3 N–H and O–H groups in total. The van der Waals surface area contributed by atoms with Crippen molar-refractivity contribution >= 4 is 11.9 Å². The summed E-state index contributed by atoms with van der Waals surface area (Å²) in [5.74, 6) is -1.70. The molecule has 0 bridgehead atoms. The summed E-state index contributed by atoms with van der Waals surface area (Å²) in [6, 6.07) is 8.23. The Morgan fingerprint density at radius 3 is 2.17 bits per heavy atom. The van der Waals surface area contributed by atoms with Gasteiger partial charge in [0.15, 0.2) is 0 Å². The zero-order chi connectivity index (χ0) is 21.7. The molecule has 2 rings (SSSR count). The Morgan fingerprint density at radius 1 is 1.07 bits per heavy atom. The molecule has 0 spiro atoms. The highest BCUT2D eigenvalue weighted by Crippen LogP contribution is 2.27. The minimum absolute atomic E-state index is 0.174. The van der Waals surface area contributed by atoms with E-state index in [0.717, 1.165) is 31.2 Å². The van der Waals surface area contributed by atoms with E-state index in [9.17, 15) is 18.0 Å². The molecule has 0 amide bonds. The van der Waals surface area contributed by atoms with E-state index in [2.05, 4.69) is 17.4 Å². The molecular weight excluding hydrogens is 391 g/mol. The van der Waals surface area contributed by atoms with E-state index in [1.54, 1.807) is 0 Å². The molecule has 164 valence electrons. The lowest BCUT2D eigenvalue weighted by molar-refractivity contribution is -0.192. The molecule has 6 nitrogen and oxygen atoms in total. The Bertz CT molecular complexity index is 614. The number of nitrogens with one attached hydrogen (secondary N) is 1. The van der Waals surface area contributed by atoms with Crippen molar-refractivity contribution < 1.29 is 37.7 Å². The van der Waals surface area contributed by atoms with Gasteiger partial charge in [0.05, 0.1) is 13.0 Å². The molecule has 0 aromatic heterocycles. The summed E-state index contributed by atoms with van der Waals surface area (Å²) >= 11 is 0. The fourth-order valence-corrected chi connectivity index (χ4v) is 2.95. The lowest BCUT2D eigenvalue weighted by Gasteiger charge is -2.11. The van der Waals surface area contributed by atoms with Gasteiger partial charge in [-0.05, 0) is 43.0 Å². The van der Waals surface area contributed by atoms with Crippen molar-refractivity contribution in [2.45, 2.75) is 51.1 Å². The van der Waals surface area contributed by atoms with Crippen LogP contribution in [0.4, 0.5) is 13.2 Å². The molecule has 0 unspecified atom stereocenters. The topological polar surface area (TPSA) is 95.9 Å². The van der Waals surface area contributed by atoms with E-state index in [-0.39, 0.29) is 6.42 Å². The fourth-order valence-electron chi connectivity index (χ4n) is 2.95. The first-order valence-electron chi connectivity index (χ1n) is 9.63. The second kappa shape index (κ2) is 13.0. The third kappa shape index (κ3) is 12.0. The molecule has 0 heterocycles. The Morgan fingerprint density at radius 2 is 1.66 bits per heavy atom. The highest BCUT2D eigenvalue weighted by molar-refractivity contribution is 5.73. The Balaban J connectivity index is 0.000000516. The second-order valence-corrected chi connectivity index (χ2v) is 6.88. The zero-order valence-electron chi connectivity index (χ0n) is 16.2. The lowest BCUT2D eigenvalue weighted by Crippen LogP contribution is -2.21. The quantitative estimate of drug-likeness (QED) is 0.498. The molecule has 0 radical (unpaired) electrons. The number of carbonyl (C=O) groups is 2. The van der Waals surface area contributed by atoms with Crippen LogP contribution in [0.5, 0.6) is 5.75 Å². The number of carboxylic acids is 2. The van der Waals surface area contributed by atoms with Crippen LogP contribution < -0.4 is 10.1 Å². The number of alkyl halides is 3. The van der Waals surface area contributed by atoms with Gasteiger partial charge in [-0.25, -0.2) is 4.79 Å². The molecule has 9 heteroatoms. The lowest BCUT2D eigenvalue weighted by atomic mass is 10.1. The van der Waals surface area contributed by atoms with Gasteiger partial charge in [-0.1, -0.05) is 37.8 Å². The van der Waals surface area contributed by atoms with Crippen LogP contribution in [0.15, 0.2) is 24.3 Å². The second-order valence-electron chi connectivity index (χ2n) is 6.88. The van der Waals surface area contributed by atoms with Gasteiger partial charge in [-0.15, -0.1) is 0 Å². The van der Waals surface area contributed by atoms with Crippen molar-refractivity contribution in [1.82, 2.24) is 5.32 Å². The fraction of sp³-hybridized carbons (Fsp3) is 0.600. The Hall–Kier alpha value is -2.29. The van der Waals surface area contributed by atoms with Crippen LogP contribution in [0, 0.1) is 5.92 Å². The van der Waals surface area contributed by atoms with Gasteiger partial charge in [0.2, 0.25) is 0 Å². The van der Waals surface area contributed by atoms with Crippen LogP contribution in [-0.4, -0.2) is 48.0 Å². The van der Waals surface area contributed by atoms with Crippen molar-refractivity contribution in [1.29, 1.82) is 0 Å². The summed E-state index contributed by atoms with van der Waals surface area (Å²) < 4.78 is 37.5. The van der Waals surface area contributed by atoms with Gasteiger partial charge < -0.3 is 20.3 Å². The van der Waals surface area contributed by atoms with Crippen molar-refractivity contribution in [2.75, 3.05) is 19.7 Å². The van der Waals surface area contributed by atoms with E-state index in [4.69, 9.17) is 19.7 Å². The normalized spacial score (nSPS) is 14.2. The molecule has 1 fully saturated rings. The average Bonchev–Trinajstić information content (AvgIpc) is 3.15. The average molecular weight is 419 g/mol. The smallest absolute Gasteiger partial charge is 0.490 e. The maximum Gasteiger partial charge on any atom is 0.490 e. The summed E-state index contributed by atoms with van der Waals surface area (Å²) in [6.45, 7) is 2.15. The standard InChI is InChI=1S/C18H27NO3.C2HF3O2/c20-18(21)10-13-19-12-9-16-5-7-17(8-6-16)22-14-11-15-3-1-2-4-15;3-2(4,5)1(6)7/h5-8,15,19H,1-4,9-14H2,(H,20,21);(H,6,7). The molecule has 0 saturated heterocycles. The number of carboxylic acid groups (broad SMARTS) is 2. The predicted molar refractivity (Wildman–Crippen MR) is 101 cm³/mol. The van der Waals surface area contributed by atoms with Crippen LogP contribution in [0.1, 0.15) is 44.1 Å². The molecule has 1 aromatic rings. The first kappa shape index (κ1) is 24.7. The number of hydrogen-bond acceptors (Lipinski definition) is 4. The van der Waals surface area contributed by atoms with E-state index in [1.807, 2.05) is 12.1 Å². The van der Waals surface area contributed by atoms with E-state index in [0.29, 0.717) is 6.54 Å².